The zero-order valence-electron chi connectivity index (χ0n) is 18.1. The van der Waals surface area contributed by atoms with Gasteiger partial charge in [-0.25, -0.2) is 4.79 Å². The van der Waals surface area contributed by atoms with Gasteiger partial charge in [0.1, 0.15) is 23.7 Å². The topological polar surface area (TPSA) is 65.0 Å². The normalized spacial score (nSPS) is 18.8. The molecule has 1 N–H and O–H groups in total. The van der Waals surface area contributed by atoms with Crippen molar-refractivity contribution >= 4 is 5.97 Å². The van der Waals surface area contributed by atoms with E-state index in [1.165, 1.54) is 18.2 Å². The van der Waals surface area contributed by atoms with Crippen LogP contribution in [0.3, 0.4) is 0 Å². The van der Waals surface area contributed by atoms with Gasteiger partial charge < -0.3 is 19.3 Å². The number of methoxy groups -OCH3 is 1. The summed E-state index contributed by atoms with van der Waals surface area (Å²) in [6.07, 6.45) is 2.48. The van der Waals surface area contributed by atoms with Crippen molar-refractivity contribution in [3.63, 3.8) is 0 Å². The number of hydrogen-bond donors (Lipinski definition) is 1. The number of hydrogen-bond acceptors (Lipinski definition) is 4. The lowest BCUT2D eigenvalue weighted by Gasteiger charge is -2.16. The van der Waals surface area contributed by atoms with E-state index in [0.29, 0.717) is 6.42 Å². The highest BCUT2D eigenvalue weighted by Crippen LogP contribution is 2.29. The van der Waals surface area contributed by atoms with Gasteiger partial charge in [0.15, 0.2) is 6.10 Å². The molecule has 0 amide bonds. The van der Waals surface area contributed by atoms with Crippen LogP contribution < -0.4 is 9.47 Å². The molecule has 1 aliphatic carbocycles. The summed E-state index contributed by atoms with van der Waals surface area (Å²) < 4.78 is 17.3. The zero-order valence-corrected chi connectivity index (χ0v) is 18.1. The monoisotopic (exact) mass is 432 g/mol. The Labute approximate surface area is 188 Å². The molecule has 0 spiro atoms. The number of carboxylic acids is 1. The molecular weight excluding hydrogens is 404 g/mol. The van der Waals surface area contributed by atoms with Gasteiger partial charge in [-0.1, -0.05) is 54.6 Å². The van der Waals surface area contributed by atoms with Crippen LogP contribution in [-0.2, 0) is 16.0 Å². The predicted molar refractivity (Wildman–Crippen MR) is 123 cm³/mol. The third kappa shape index (κ3) is 5.68. The summed E-state index contributed by atoms with van der Waals surface area (Å²) in [4.78, 5) is 11.1. The minimum Gasteiger partial charge on any atom is -0.490 e. The van der Waals surface area contributed by atoms with Crippen molar-refractivity contribution < 1.29 is 24.1 Å². The van der Waals surface area contributed by atoms with Crippen LogP contribution in [0.15, 0.2) is 78.9 Å². The predicted octanol–water partition coefficient (Wildman–Crippen LogP) is 5.37. The Bertz CT molecular complexity index is 998. The summed E-state index contributed by atoms with van der Waals surface area (Å²) in [5.74, 6) is 0.709. The van der Waals surface area contributed by atoms with E-state index in [1.807, 2.05) is 54.6 Å². The molecule has 166 valence electrons. The van der Waals surface area contributed by atoms with Crippen LogP contribution in [0, 0.1) is 0 Å². The highest BCUT2D eigenvalue weighted by Gasteiger charge is 2.27. The lowest BCUT2D eigenvalue weighted by atomic mass is 10.1. The number of carboxylic acid groups (broad SMARTS) is 1. The smallest absolute Gasteiger partial charge is 0.333 e. The minimum absolute atomic E-state index is 0.111. The Hall–Kier alpha value is -3.31. The van der Waals surface area contributed by atoms with Crippen molar-refractivity contribution in [3.05, 3.63) is 84.4 Å². The molecule has 1 unspecified atom stereocenters. The van der Waals surface area contributed by atoms with Gasteiger partial charge in [0.25, 0.3) is 0 Å². The highest BCUT2D eigenvalue weighted by molar-refractivity contribution is 5.72. The molecule has 0 radical (unpaired) electrons. The van der Waals surface area contributed by atoms with Gasteiger partial charge in [-0.05, 0) is 53.8 Å². The molecule has 32 heavy (non-hydrogen) atoms. The first-order valence-corrected chi connectivity index (χ1v) is 10.9. The van der Waals surface area contributed by atoms with Crippen molar-refractivity contribution in [1.29, 1.82) is 0 Å². The SMILES string of the molecule is CO[C@@H](Cc1ccc(O[C@H]2CCC(Oc3ccc(-c4ccccc4)cc3)C2)cc1)C(=O)O. The Morgan fingerprint density at radius 3 is 1.91 bits per heavy atom. The first-order valence-electron chi connectivity index (χ1n) is 10.9. The fourth-order valence-corrected chi connectivity index (χ4v) is 4.05. The lowest BCUT2D eigenvalue weighted by Crippen LogP contribution is -2.24. The lowest BCUT2D eigenvalue weighted by molar-refractivity contribution is -0.148. The fourth-order valence-electron chi connectivity index (χ4n) is 4.05. The van der Waals surface area contributed by atoms with E-state index in [1.54, 1.807) is 0 Å². The highest BCUT2D eigenvalue weighted by atomic mass is 16.5. The zero-order chi connectivity index (χ0) is 22.3. The van der Waals surface area contributed by atoms with Gasteiger partial charge in [-0.2, -0.15) is 0 Å². The number of rotatable bonds is 9. The van der Waals surface area contributed by atoms with Crippen LogP contribution >= 0.6 is 0 Å². The number of carbonyl (C=O) groups is 1. The van der Waals surface area contributed by atoms with Crippen LogP contribution in [-0.4, -0.2) is 36.5 Å². The molecule has 3 aromatic rings. The Kier molecular flexibility index (Phi) is 7.07. The third-order valence-corrected chi connectivity index (χ3v) is 5.81. The summed E-state index contributed by atoms with van der Waals surface area (Å²) >= 11 is 0. The van der Waals surface area contributed by atoms with Crippen LogP contribution in [0.5, 0.6) is 11.5 Å². The van der Waals surface area contributed by atoms with Gasteiger partial charge in [0.2, 0.25) is 0 Å². The fraction of sp³-hybridized carbons (Fsp3) is 0.296. The second kappa shape index (κ2) is 10.3. The first-order chi connectivity index (χ1) is 15.6. The molecule has 0 bridgehead atoms. The van der Waals surface area contributed by atoms with Crippen LogP contribution in [0.4, 0.5) is 0 Å². The maximum atomic E-state index is 11.1. The van der Waals surface area contributed by atoms with E-state index in [9.17, 15) is 4.79 Å². The van der Waals surface area contributed by atoms with Crippen molar-refractivity contribution in [2.75, 3.05) is 7.11 Å². The van der Waals surface area contributed by atoms with Crippen molar-refractivity contribution in [2.24, 2.45) is 0 Å². The molecule has 3 aromatic carbocycles. The van der Waals surface area contributed by atoms with Crippen LogP contribution in [0.1, 0.15) is 24.8 Å². The van der Waals surface area contributed by atoms with E-state index in [2.05, 4.69) is 24.3 Å². The molecule has 5 nitrogen and oxygen atoms in total. The standard InChI is InChI=1S/C27H28O5/c1-30-26(27(28)29)17-19-7-11-22(12-8-19)31-24-15-16-25(18-24)32-23-13-9-21(10-14-23)20-5-3-2-4-6-20/h2-14,24-26H,15-18H2,1H3,(H,28,29)/t24-,25?,26-/m0/s1. The quantitative estimate of drug-likeness (QED) is 0.492. The molecule has 1 fully saturated rings. The molecule has 0 aromatic heterocycles. The average molecular weight is 433 g/mol. The van der Waals surface area contributed by atoms with E-state index in [-0.39, 0.29) is 12.2 Å². The molecule has 3 atom stereocenters. The van der Waals surface area contributed by atoms with Gasteiger partial charge >= 0.3 is 5.97 Å². The van der Waals surface area contributed by atoms with Crippen LogP contribution in [0.25, 0.3) is 11.1 Å². The summed E-state index contributed by atoms with van der Waals surface area (Å²) in [6, 6.07) is 26.1. The van der Waals surface area contributed by atoms with Gasteiger partial charge in [0.05, 0.1) is 0 Å². The second-order valence-corrected chi connectivity index (χ2v) is 8.09. The summed E-state index contributed by atoms with van der Waals surface area (Å²) in [5, 5.41) is 9.11. The van der Waals surface area contributed by atoms with Gasteiger partial charge in [-0.3, -0.25) is 0 Å². The minimum atomic E-state index is -0.959. The molecule has 0 saturated heterocycles. The van der Waals surface area contributed by atoms with E-state index in [4.69, 9.17) is 19.3 Å². The molecule has 0 aliphatic heterocycles. The Morgan fingerprint density at radius 1 is 0.844 bits per heavy atom. The molecule has 1 aliphatic rings. The van der Waals surface area contributed by atoms with E-state index in [0.717, 1.165) is 36.3 Å². The molecule has 1 saturated carbocycles. The summed E-state index contributed by atoms with van der Waals surface area (Å²) in [6.45, 7) is 0. The van der Waals surface area contributed by atoms with E-state index >= 15 is 0 Å². The van der Waals surface area contributed by atoms with E-state index < -0.39 is 12.1 Å². The van der Waals surface area contributed by atoms with Gasteiger partial charge in [0, 0.05) is 20.0 Å². The molecule has 0 heterocycles. The summed E-state index contributed by atoms with van der Waals surface area (Å²) in [5.41, 5.74) is 3.27. The number of ether oxygens (including phenoxy) is 3. The Morgan fingerprint density at radius 2 is 1.38 bits per heavy atom. The van der Waals surface area contributed by atoms with Crippen molar-refractivity contribution in [2.45, 2.75) is 44.0 Å². The maximum Gasteiger partial charge on any atom is 0.333 e. The van der Waals surface area contributed by atoms with Crippen molar-refractivity contribution in [1.82, 2.24) is 0 Å². The molecular formula is C27H28O5. The second-order valence-electron chi connectivity index (χ2n) is 8.09. The third-order valence-electron chi connectivity index (χ3n) is 5.81. The first kappa shape index (κ1) is 21.9. The Balaban J connectivity index is 1.27. The van der Waals surface area contributed by atoms with Crippen LogP contribution in [0.2, 0.25) is 0 Å². The largest absolute Gasteiger partial charge is 0.490 e. The number of benzene rings is 3. The summed E-state index contributed by atoms with van der Waals surface area (Å²) in [7, 11) is 1.41. The number of aliphatic carboxylic acids is 1. The molecule has 5 heteroatoms. The average Bonchev–Trinajstić information content (AvgIpc) is 3.26. The maximum absolute atomic E-state index is 11.1. The van der Waals surface area contributed by atoms with Crippen molar-refractivity contribution in [3.8, 4) is 22.6 Å². The molecule has 4 rings (SSSR count). The van der Waals surface area contributed by atoms with Gasteiger partial charge in [-0.15, -0.1) is 0 Å².